The van der Waals surface area contributed by atoms with Gasteiger partial charge in [0.2, 0.25) is 0 Å². The lowest BCUT2D eigenvalue weighted by Crippen LogP contribution is -2.09. The van der Waals surface area contributed by atoms with Gasteiger partial charge in [-0.25, -0.2) is 20.0 Å². The van der Waals surface area contributed by atoms with Crippen molar-refractivity contribution >= 4 is 48.7 Å². The van der Waals surface area contributed by atoms with Crippen LogP contribution in [-0.2, 0) is 11.5 Å². The minimum atomic E-state index is -0.515. The van der Waals surface area contributed by atoms with Gasteiger partial charge in [-0.1, -0.05) is 11.6 Å². The Bertz CT molecular complexity index is 582. The molecule has 0 aliphatic rings. The van der Waals surface area contributed by atoms with E-state index in [0.717, 1.165) is 28.0 Å². The van der Waals surface area contributed by atoms with Crippen LogP contribution in [-0.4, -0.2) is 45.7 Å². The summed E-state index contributed by atoms with van der Waals surface area (Å²) in [4.78, 5) is 8.54. The zero-order valence-electron chi connectivity index (χ0n) is 11.2. The van der Waals surface area contributed by atoms with Crippen molar-refractivity contribution in [1.82, 2.24) is 14.5 Å². The lowest BCUT2D eigenvalue weighted by Gasteiger charge is -2.24. The van der Waals surface area contributed by atoms with Gasteiger partial charge in [-0.3, -0.25) is 0 Å². The molecule has 2 rings (SSSR count). The molecular weight excluding hydrogens is 350 g/mol. The summed E-state index contributed by atoms with van der Waals surface area (Å²) in [5, 5.41) is 0.387. The predicted molar refractivity (Wildman–Crippen MR) is 86.4 cm³/mol. The Morgan fingerprint density at radius 2 is 2.16 bits per heavy atom. The molecule has 2 aromatic rings. The lowest BCUT2D eigenvalue weighted by atomic mass is 10.5. The fraction of sp³-hybridized carbons (Fsp3) is 0.500. The maximum absolute atomic E-state index is 5.88. The summed E-state index contributed by atoms with van der Waals surface area (Å²) in [6, 6.07) is 0. The molecule has 0 aromatic carbocycles. The smallest absolute Gasteiger partial charge is 0.163 e. The number of nitrogens with zero attached hydrogens (tertiary/aromatic N) is 3. The van der Waals surface area contributed by atoms with Crippen LogP contribution in [0.2, 0.25) is 5.15 Å². The summed E-state index contributed by atoms with van der Waals surface area (Å²) < 4.78 is 8.52. The van der Waals surface area contributed by atoms with E-state index in [1.165, 1.54) is 0 Å². The highest BCUT2D eigenvalue weighted by Crippen LogP contribution is 2.33. The molecule has 0 aliphatic carbocycles. The molecule has 2 heterocycles. The Morgan fingerprint density at radius 3 is 2.84 bits per heavy atom. The highest BCUT2D eigenvalue weighted by molar-refractivity contribution is 9.10. The second-order valence-corrected chi connectivity index (χ2v) is 11.0. The third-order valence-electron chi connectivity index (χ3n) is 2.56. The molecular formula is C12H17BrClN3OS. The Balaban J connectivity index is 2.07. The monoisotopic (exact) mass is 365 g/mol. The Kier molecular flexibility index (Phi) is 4.76. The van der Waals surface area contributed by atoms with Gasteiger partial charge < -0.3 is 9.30 Å². The Hall–Kier alpha value is -0.300. The van der Waals surface area contributed by atoms with Gasteiger partial charge in [0.25, 0.3) is 0 Å². The summed E-state index contributed by atoms with van der Waals surface area (Å²) in [6.45, 7) is 1.22. The van der Waals surface area contributed by atoms with Crippen molar-refractivity contribution in [2.45, 2.75) is 6.73 Å². The van der Waals surface area contributed by atoms with Gasteiger partial charge in [-0.05, 0) is 34.7 Å². The number of ether oxygens (including phenoxy) is 1. The first-order valence-electron chi connectivity index (χ1n) is 5.77. The zero-order valence-corrected chi connectivity index (χ0v) is 14.3. The van der Waals surface area contributed by atoms with Crippen LogP contribution < -0.4 is 0 Å². The first-order chi connectivity index (χ1) is 8.87. The van der Waals surface area contributed by atoms with E-state index >= 15 is 0 Å². The highest BCUT2D eigenvalue weighted by Gasteiger charge is 2.10. The van der Waals surface area contributed by atoms with Crippen LogP contribution in [0.5, 0.6) is 0 Å². The average Bonchev–Trinajstić information content (AvgIpc) is 2.60. The van der Waals surface area contributed by atoms with Crippen molar-refractivity contribution in [3.05, 3.63) is 22.0 Å². The van der Waals surface area contributed by atoms with E-state index in [4.69, 9.17) is 16.3 Å². The maximum atomic E-state index is 5.88. The molecule has 7 heteroatoms. The van der Waals surface area contributed by atoms with Gasteiger partial charge in [0.15, 0.2) is 5.65 Å². The summed E-state index contributed by atoms with van der Waals surface area (Å²) in [6.07, 6.45) is 10.3. The quantitative estimate of drug-likeness (QED) is 0.760. The van der Waals surface area contributed by atoms with E-state index in [9.17, 15) is 0 Å². The van der Waals surface area contributed by atoms with Crippen LogP contribution in [0, 0.1) is 0 Å². The minimum Gasteiger partial charge on any atom is -0.360 e. The molecule has 0 N–H and O–H groups in total. The third-order valence-corrected chi connectivity index (χ3v) is 4.72. The summed E-state index contributed by atoms with van der Waals surface area (Å²) >= 11 is 9.35. The van der Waals surface area contributed by atoms with E-state index in [1.807, 2.05) is 10.8 Å². The molecule has 0 saturated heterocycles. The largest absolute Gasteiger partial charge is 0.360 e. The number of fused-ring (bicyclic) bond motifs is 1. The molecule has 4 nitrogen and oxygen atoms in total. The fourth-order valence-corrected chi connectivity index (χ4v) is 2.83. The number of rotatable bonds is 5. The zero-order chi connectivity index (χ0) is 14.0. The van der Waals surface area contributed by atoms with Crippen LogP contribution in [0.1, 0.15) is 0 Å². The number of hydrogen-bond acceptors (Lipinski definition) is 3. The summed E-state index contributed by atoms with van der Waals surface area (Å²) in [5.41, 5.74) is 1.54. The SMILES string of the molecule is CS(C)(C)CCOCn1cc(Br)c2ncc(Cl)nc21. The molecule has 106 valence electrons. The highest BCUT2D eigenvalue weighted by atomic mass is 79.9. The van der Waals surface area contributed by atoms with E-state index in [0.29, 0.717) is 11.9 Å². The number of aromatic nitrogens is 3. The number of halogens is 2. The second kappa shape index (κ2) is 5.99. The van der Waals surface area contributed by atoms with Crippen LogP contribution in [0.15, 0.2) is 16.9 Å². The molecule has 0 atom stereocenters. The van der Waals surface area contributed by atoms with E-state index in [1.54, 1.807) is 6.20 Å². The molecule has 2 aromatic heterocycles. The van der Waals surface area contributed by atoms with Crippen molar-refractivity contribution in [2.24, 2.45) is 0 Å². The van der Waals surface area contributed by atoms with Gasteiger partial charge in [0.1, 0.15) is 17.4 Å². The Morgan fingerprint density at radius 1 is 1.42 bits per heavy atom. The molecule has 19 heavy (non-hydrogen) atoms. The van der Waals surface area contributed by atoms with Crippen molar-refractivity contribution in [3.63, 3.8) is 0 Å². The summed E-state index contributed by atoms with van der Waals surface area (Å²) in [7, 11) is -0.515. The van der Waals surface area contributed by atoms with Crippen LogP contribution in [0.25, 0.3) is 11.2 Å². The van der Waals surface area contributed by atoms with Crippen LogP contribution in [0.4, 0.5) is 0 Å². The standard InChI is InChI=1S/C12H17BrClN3OS/c1-19(2,3)5-4-18-8-17-7-9(13)11-12(17)16-10(14)6-15-11/h6-7H,4-5,8H2,1-3H3. The molecule has 0 fully saturated rings. The van der Waals surface area contributed by atoms with Crippen molar-refractivity contribution in [1.29, 1.82) is 0 Å². The van der Waals surface area contributed by atoms with E-state index in [-0.39, 0.29) is 0 Å². The molecule has 0 spiro atoms. The lowest BCUT2D eigenvalue weighted by molar-refractivity contribution is 0.0923. The van der Waals surface area contributed by atoms with Gasteiger partial charge >= 0.3 is 0 Å². The van der Waals surface area contributed by atoms with E-state index < -0.39 is 10.0 Å². The fourth-order valence-electron chi connectivity index (χ4n) is 1.56. The maximum Gasteiger partial charge on any atom is 0.163 e. The predicted octanol–water partition coefficient (Wildman–Crippen LogP) is 3.52. The molecule has 0 amide bonds. The topological polar surface area (TPSA) is 39.9 Å². The minimum absolute atomic E-state index is 0.387. The normalized spacial score (nSPS) is 13.1. The van der Waals surface area contributed by atoms with Crippen molar-refractivity contribution < 1.29 is 4.74 Å². The second-order valence-electron chi connectivity index (χ2n) is 5.14. The molecule has 0 bridgehead atoms. The van der Waals surface area contributed by atoms with Gasteiger partial charge in [-0.2, -0.15) is 0 Å². The number of hydrogen-bond donors (Lipinski definition) is 0. The molecule has 0 unspecified atom stereocenters. The third kappa shape index (κ3) is 4.08. The van der Waals surface area contributed by atoms with Crippen molar-refractivity contribution in [2.75, 3.05) is 31.1 Å². The van der Waals surface area contributed by atoms with Crippen LogP contribution in [0.3, 0.4) is 0 Å². The Labute approximate surface area is 128 Å². The molecule has 0 aliphatic heterocycles. The van der Waals surface area contributed by atoms with Gasteiger partial charge in [-0.15, -0.1) is 0 Å². The average molecular weight is 367 g/mol. The van der Waals surface area contributed by atoms with Gasteiger partial charge in [0, 0.05) is 11.9 Å². The summed E-state index contributed by atoms with van der Waals surface area (Å²) in [5.74, 6) is 1.10. The van der Waals surface area contributed by atoms with Crippen molar-refractivity contribution in [3.8, 4) is 0 Å². The molecule has 0 saturated carbocycles. The first-order valence-corrected chi connectivity index (χ1v) is 9.97. The van der Waals surface area contributed by atoms with Gasteiger partial charge in [0.05, 0.1) is 17.3 Å². The van der Waals surface area contributed by atoms with Crippen LogP contribution >= 0.6 is 37.6 Å². The van der Waals surface area contributed by atoms with E-state index in [2.05, 4.69) is 44.7 Å². The molecule has 0 radical (unpaired) electrons. The first kappa shape index (κ1) is 15.1.